The van der Waals surface area contributed by atoms with Crippen molar-refractivity contribution in [2.24, 2.45) is 17.6 Å². The number of hydrogen-bond donors (Lipinski definition) is 2. The van der Waals surface area contributed by atoms with Gasteiger partial charge in [-0.25, -0.2) is 9.59 Å². The zero-order chi connectivity index (χ0) is 32.9. The van der Waals surface area contributed by atoms with Gasteiger partial charge in [-0.15, -0.1) is 0 Å². The molecule has 2 heterocycles. The number of likely N-dealkylation sites (tertiary alicyclic amines) is 1. The van der Waals surface area contributed by atoms with E-state index in [2.05, 4.69) is 0 Å². The van der Waals surface area contributed by atoms with Gasteiger partial charge < -0.3 is 25.5 Å². The van der Waals surface area contributed by atoms with Gasteiger partial charge in [0.1, 0.15) is 12.6 Å². The predicted octanol–water partition coefficient (Wildman–Crippen LogP) is 1.57. The van der Waals surface area contributed by atoms with Gasteiger partial charge in [0, 0.05) is 32.1 Å². The number of ketones is 3. The second-order valence-corrected chi connectivity index (χ2v) is 12.2. The van der Waals surface area contributed by atoms with Crippen LogP contribution in [0.4, 0.5) is 9.59 Å². The third kappa shape index (κ3) is 7.15. The van der Waals surface area contributed by atoms with Gasteiger partial charge in [-0.1, -0.05) is 58.0 Å². The minimum absolute atomic E-state index is 0.0370. The molecule has 44 heavy (non-hydrogen) atoms. The normalized spacial score (nSPS) is 18.9. The first kappa shape index (κ1) is 34.4. The van der Waals surface area contributed by atoms with Crippen LogP contribution >= 0.6 is 0 Å². The Kier molecular flexibility index (Phi) is 11.0. The lowest BCUT2D eigenvalue weighted by molar-refractivity contribution is -0.150. The molecule has 1 aromatic rings. The van der Waals surface area contributed by atoms with Gasteiger partial charge in [-0.3, -0.25) is 28.9 Å². The Balaban J connectivity index is 2.01. The summed E-state index contributed by atoms with van der Waals surface area (Å²) in [7, 11) is 0. The van der Waals surface area contributed by atoms with Crippen molar-refractivity contribution in [1.29, 1.82) is 0 Å². The van der Waals surface area contributed by atoms with Gasteiger partial charge in [-0.05, 0) is 37.2 Å². The molecule has 0 aliphatic carbocycles. The summed E-state index contributed by atoms with van der Waals surface area (Å²) in [5.41, 5.74) is 4.86. The minimum Gasteiger partial charge on any atom is -0.480 e. The average molecular weight is 614 g/mol. The van der Waals surface area contributed by atoms with Crippen LogP contribution in [0.5, 0.6) is 0 Å². The fourth-order valence-electron chi connectivity index (χ4n) is 5.72. The molecule has 0 spiro atoms. The molecular formula is C31H43N5O8. The van der Waals surface area contributed by atoms with Gasteiger partial charge in [0.25, 0.3) is 5.91 Å². The maximum atomic E-state index is 14.5. The molecule has 1 aromatic carbocycles. The lowest BCUT2D eigenvalue weighted by Gasteiger charge is -2.41. The first-order valence-electron chi connectivity index (χ1n) is 14.9. The van der Waals surface area contributed by atoms with E-state index in [1.165, 1.54) is 18.7 Å². The molecule has 5 amide bonds. The number of carbonyl (C=O) groups excluding carboxylic acids is 6. The highest BCUT2D eigenvalue weighted by molar-refractivity contribution is 6.40. The molecule has 3 N–H and O–H groups in total. The largest absolute Gasteiger partial charge is 0.480 e. The molecule has 2 aliphatic heterocycles. The maximum absolute atomic E-state index is 14.5. The van der Waals surface area contributed by atoms with Crippen LogP contribution in [0.15, 0.2) is 30.3 Å². The van der Waals surface area contributed by atoms with E-state index < -0.39 is 77.8 Å². The Morgan fingerprint density at radius 2 is 1.57 bits per heavy atom. The molecule has 0 bridgehead atoms. The molecule has 0 saturated carbocycles. The molecule has 0 unspecified atom stereocenters. The van der Waals surface area contributed by atoms with Crippen molar-refractivity contribution < 1.29 is 38.7 Å². The summed E-state index contributed by atoms with van der Waals surface area (Å²) in [6.45, 7) is 7.32. The number of nitrogens with zero attached hydrogens (tertiary/aromatic N) is 4. The number of carboxylic acid groups (broad SMARTS) is 1. The van der Waals surface area contributed by atoms with Crippen LogP contribution < -0.4 is 5.73 Å². The van der Waals surface area contributed by atoms with Crippen molar-refractivity contribution in [2.75, 3.05) is 32.7 Å². The van der Waals surface area contributed by atoms with Gasteiger partial charge in [-0.2, -0.15) is 0 Å². The van der Waals surface area contributed by atoms with E-state index in [0.717, 1.165) is 9.80 Å². The molecular weight excluding hydrogens is 570 g/mol. The zero-order valence-electron chi connectivity index (χ0n) is 26.0. The Morgan fingerprint density at radius 3 is 2.07 bits per heavy atom. The van der Waals surface area contributed by atoms with Crippen molar-refractivity contribution in [3.63, 3.8) is 0 Å². The second-order valence-electron chi connectivity index (χ2n) is 12.2. The van der Waals surface area contributed by atoms with Crippen molar-refractivity contribution in [2.45, 2.75) is 71.5 Å². The fourth-order valence-corrected chi connectivity index (χ4v) is 5.72. The van der Waals surface area contributed by atoms with Crippen LogP contribution in [0.2, 0.25) is 0 Å². The second kappa shape index (κ2) is 14.1. The highest BCUT2D eigenvalue weighted by Crippen LogP contribution is 2.28. The summed E-state index contributed by atoms with van der Waals surface area (Å²) in [5.74, 6) is -6.55. The molecule has 0 radical (unpaired) electrons. The smallest absolute Gasteiger partial charge is 0.327 e. The maximum Gasteiger partial charge on any atom is 0.327 e. The van der Waals surface area contributed by atoms with Crippen LogP contribution in [0.25, 0.3) is 0 Å². The van der Waals surface area contributed by atoms with E-state index >= 15 is 0 Å². The van der Waals surface area contributed by atoms with Crippen molar-refractivity contribution >= 4 is 41.3 Å². The highest BCUT2D eigenvalue weighted by atomic mass is 16.4. The van der Waals surface area contributed by atoms with Crippen molar-refractivity contribution in [3.8, 4) is 0 Å². The Hall–Kier alpha value is -4.13. The van der Waals surface area contributed by atoms with Gasteiger partial charge >= 0.3 is 18.0 Å². The zero-order valence-corrected chi connectivity index (χ0v) is 26.0. The summed E-state index contributed by atoms with van der Waals surface area (Å²) >= 11 is 0. The Labute approximate surface area is 257 Å². The molecule has 13 heteroatoms. The number of carboxylic acids is 1. The van der Waals surface area contributed by atoms with Crippen molar-refractivity contribution in [3.05, 3.63) is 35.9 Å². The number of amides is 5. The topological polar surface area (TPSA) is 179 Å². The van der Waals surface area contributed by atoms with Gasteiger partial charge in [0.2, 0.25) is 11.6 Å². The van der Waals surface area contributed by atoms with Crippen LogP contribution in [0, 0.1) is 11.8 Å². The number of Topliss-reactive ketones (excluding diaryl/α,β-unsaturated/α-hetero) is 3. The summed E-state index contributed by atoms with van der Waals surface area (Å²) < 4.78 is 0. The van der Waals surface area contributed by atoms with Gasteiger partial charge in [0.05, 0.1) is 6.54 Å². The number of urea groups is 2. The lowest BCUT2D eigenvalue weighted by Crippen LogP contribution is -2.70. The summed E-state index contributed by atoms with van der Waals surface area (Å²) in [4.78, 5) is 97.8. The van der Waals surface area contributed by atoms with Crippen molar-refractivity contribution in [1.82, 2.24) is 19.6 Å². The van der Waals surface area contributed by atoms with E-state index in [4.69, 9.17) is 10.8 Å². The summed E-state index contributed by atoms with van der Waals surface area (Å²) in [6, 6.07) is 5.30. The number of benzene rings is 1. The summed E-state index contributed by atoms with van der Waals surface area (Å²) in [5, 5.41) is 9.08. The van der Waals surface area contributed by atoms with E-state index in [9.17, 15) is 33.6 Å². The van der Waals surface area contributed by atoms with E-state index in [-0.39, 0.29) is 25.6 Å². The molecule has 0 aromatic heterocycles. The first-order chi connectivity index (χ1) is 20.6. The monoisotopic (exact) mass is 613 g/mol. The van der Waals surface area contributed by atoms with E-state index in [1.807, 2.05) is 6.92 Å². The molecule has 3 atom stereocenters. The fraction of sp³-hybridized carbons (Fsp3) is 0.581. The molecule has 3 rings (SSSR count). The average Bonchev–Trinajstić information content (AvgIpc) is 3.54. The number of rotatable bonds is 13. The highest BCUT2D eigenvalue weighted by Gasteiger charge is 2.54. The number of aliphatic carboxylic acids is 1. The number of nitrogens with two attached hydrogens (primary N) is 1. The Morgan fingerprint density at radius 1 is 0.977 bits per heavy atom. The number of carbonyl (C=O) groups is 7. The standard InChI is InChI=1S/C31H43N5O8/c1-19(2)26(27(41)23(37)16-22-11-7-6-8-12-22)36(30(44)35-13-9-10-21(35)5)28(42)31(32,20(3)4)24(38)17-33-14-15-34(29(33)43)18-25(39)40/h6-8,11-12,19-21,26H,9-10,13-18,32H2,1-5H3,(H,39,40)/t21-,26+,31-/m1/s1. The number of imide groups is 1. The predicted molar refractivity (Wildman–Crippen MR) is 159 cm³/mol. The van der Waals surface area contributed by atoms with Crippen LogP contribution in [-0.4, -0.2) is 116 Å². The van der Waals surface area contributed by atoms with E-state index in [0.29, 0.717) is 29.8 Å². The summed E-state index contributed by atoms with van der Waals surface area (Å²) in [6.07, 6.45) is 1.10. The SMILES string of the molecule is CC(C)[C@@H](C(=O)C(=O)Cc1ccccc1)N(C(=O)N1CCC[C@H]1C)C(=O)[C@](N)(C(=O)CN1CCN(CC(=O)O)C1=O)C(C)C. The quantitative estimate of drug-likeness (QED) is 0.247. The third-order valence-corrected chi connectivity index (χ3v) is 8.45. The number of hydrogen-bond acceptors (Lipinski definition) is 8. The molecule has 240 valence electrons. The molecule has 2 aliphatic rings. The Bertz CT molecular complexity index is 1300. The van der Waals surface area contributed by atoms with Crippen LogP contribution in [0.1, 0.15) is 53.0 Å². The first-order valence-corrected chi connectivity index (χ1v) is 14.9. The lowest BCUT2D eigenvalue weighted by atomic mass is 9.80. The van der Waals surface area contributed by atoms with E-state index in [1.54, 1.807) is 44.2 Å². The van der Waals surface area contributed by atoms with Crippen LogP contribution in [-0.2, 0) is 30.4 Å². The van der Waals surface area contributed by atoms with Gasteiger partial charge in [0.15, 0.2) is 11.3 Å². The minimum atomic E-state index is -2.35. The molecule has 13 nitrogen and oxygen atoms in total. The molecule has 2 fully saturated rings. The molecule has 2 saturated heterocycles. The van der Waals surface area contributed by atoms with Crippen LogP contribution in [0.3, 0.4) is 0 Å². The third-order valence-electron chi connectivity index (χ3n) is 8.45.